The van der Waals surface area contributed by atoms with E-state index in [9.17, 15) is 4.79 Å². The van der Waals surface area contributed by atoms with Gasteiger partial charge in [-0.05, 0) is 18.2 Å². The first-order chi connectivity index (χ1) is 7.67. The SMILES string of the molecule is COC(=O)CCOc1ccc(Cl)cc1CN. The van der Waals surface area contributed by atoms with Gasteiger partial charge < -0.3 is 15.2 Å². The van der Waals surface area contributed by atoms with Gasteiger partial charge in [-0.2, -0.15) is 0 Å². The summed E-state index contributed by atoms with van der Waals surface area (Å²) in [6.45, 7) is 0.607. The van der Waals surface area contributed by atoms with Crippen LogP contribution in [0.4, 0.5) is 0 Å². The van der Waals surface area contributed by atoms with Crippen molar-refractivity contribution in [3.8, 4) is 5.75 Å². The number of nitrogens with two attached hydrogens (primary N) is 1. The second-order valence-electron chi connectivity index (χ2n) is 3.13. The minimum absolute atomic E-state index is 0.211. The van der Waals surface area contributed by atoms with Gasteiger partial charge >= 0.3 is 5.97 Å². The predicted molar refractivity (Wildman–Crippen MR) is 61.5 cm³/mol. The van der Waals surface area contributed by atoms with Crippen LogP contribution >= 0.6 is 11.6 Å². The van der Waals surface area contributed by atoms with Crippen LogP contribution in [0, 0.1) is 0 Å². The first kappa shape index (κ1) is 12.8. The average molecular weight is 244 g/mol. The zero-order valence-electron chi connectivity index (χ0n) is 9.03. The fraction of sp³-hybridized carbons (Fsp3) is 0.364. The van der Waals surface area contributed by atoms with Gasteiger partial charge in [0.1, 0.15) is 5.75 Å². The summed E-state index contributed by atoms with van der Waals surface area (Å²) >= 11 is 5.82. The smallest absolute Gasteiger partial charge is 0.308 e. The molecule has 2 N–H and O–H groups in total. The Morgan fingerprint density at radius 1 is 1.50 bits per heavy atom. The van der Waals surface area contributed by atoms with E-state index >= 15 is 0 Å². The van der Waals surface area contributed by atoms with Gasteiger partial charge in [0, 0.05) is 17.1 Å². The first-order valence-corrected chi connectivity index (χ1v) is 5.23. The summed E-state index contributed by atoms with van der Waals surface area (Å²) in [5.41, 5.74) is 6.36. The monoisotopic (exact) mass is 243 g/mol. The topological polar surface area (TPSA) is 61.5 Å². The molecule has 88 valence electrons. The summed E-state index contributed by atoms with van der Waals surface area (Å²) in [6, 6.07) is 5.20. The van der Waals surface area contributed by atoms with Gasteiger partial charge in [-0.1, -0.05) is 11.6 Å². The molecule has 0 saturated carbocycles. The second kappa shape index (κ2) is 6.35. The van der Waals surface area contributed by atoms with Gasteiger partial charge in [-0.25, -0.2) is 0 Å². The van der Waals surface area contributed by atoms with E-state index in [0.29, 0.717) is 17.3 Å². The number of hydrogen-bond acceptors (Lipinski definition) is 4. The molecule has 0 heterocycles. The zero-order valence-corrected chi connectivity index (χ0v) is 9.79. The van der Waals surface area contributed by atoms with Crippen molar-refractivity contribution < 1.29 is 14.3 Å². The second-order valence-corrected chi connectivity index (χ2v) is 3.57. The van der Waals surface area contributed by atoms with Crippen molar-refractivity contribution in [1.82, 2.24) is 0 Å². The van der Waals surface area contributed by atoms with Gasteiger partial charge in [0.05, 0.1) is 20.1 Å². The van der Waals surface area contributed by atoms with Gasteiger partial charge in [0.2, 0.25) is 0 Å². The lowest BCUT2D eigenvalue weighted by molar-refractivity contribution is -0.141. The molecule has 5 heteroatoms. The third kappa shape index (κ3) is 3.72. The Bertz CT molecular complexity index is 368. The van der Waals surface area contributed by atoms with Crippen LogP contribution in [-0.2, 0) is 16.1 Å². The van der Waals surface area contributed by atoms with Crippen molar-refractivity contribution >= 4 is 17.6 Å². The molecule has 0 amide bonds. The van der Waals surface area contributed by atoms with Crippen LogP contribution in [0.3, 0.4) is 0 Å². The molecule has 1 rings (SSSR count). The molecule has 0 unspecified atom stereocenters. The molecular weight excluding hydrogens is 230 g/mol. The number of carbonyl (C=O) groups excluding carboxylic acids is 1. The molecule has 1 aromatic rings. The third-order valence-corrected chi connectivity index (χ3v) is 2.27. The van der Waals surface area contributed by atoms with Crippen LogP contribution in [0.15, 0.2) is 18.2 Å². The predicted octanol–water partition coefficient (Wildman–Crippen LogP) is 1.74. The van der Waals surface area contributed by atoms with Crippen molar-refractivity contribution in [2.24, 2.45) is 5.73 Å². The molecular formula is C11H14ClNO3. The molecule has 16 heavy (non-hydrogen) atoms. The number of methoxy groups -OCH3 is 1. The molecule has 0 bridgehead atoms. The molecule has 0 saturated heterocycles. The summed E-state index contributed by atoms with van der Waals surface area (Å²) in [7, 11) is 1.34. The fourth-order valence-corrected chi connectivity index (χ4v) is 1.39. The molecule has 0 aliphatic heterocycles. The average Bonchev–Trinajstić information content (AvgIpc) is 2.30. The fourth-order valence-electron chi connectivity index (χ4n) is 1.19. The Balaban J connectivity index is 2.56. The van der Waals surface area contributed by atoms with Crippen molar-refractivity contribution in [2.45, 2.75) is 13.0 Å². The van der Waals surface area contributed by atoms with Gasteiger partial charge in [0.15, 0.2) is 0 Å². The maximum atomic E-state index is 10.9. The quantitative estimate of drug-likeness (QED) is 0.801. The van der Waals surface area contributed by atoms with E-state index in [0.717, 1.165) is 5.56 Å². The van der Waals surface area contributed by atoms with Crippen molar-refractivity contribution in [1.29, 1.82) is 0 Å². The molecule has 0 atom stereocenters. The zero-order chi connectivity index (χ0) is 12.0. The summed E-state index contributed by atoms with van der Waals surface area (Å²) in [5.74, 6) is 0.346. The Labute approximate surface area is 99.3 Å². The van der Waals surface area contributed by atoms with E-state index in [1.807, 2.05) is 0 Å². The summed E-state index contributed by atoms with van der Waals surface area (Å²) in [5, 5.41) is 0.612. The standard InChI is InChI=1S/C11H14ClNO3/c1-15-11(14)4-5-16-10-3-2-9(12)6-8(10)7-13/h2-3,6H,4-5,7,13H2,1H3. The van der Waals surface area contributed by atoms with Crippen LogP contribution in [0.1, 0.15) is 12.0 Å². The van der Waals surface area contributed by atoms with Crippen molar-refractivity contribution in [3.05, 3.63) is 28.8 Å². The number of carbonyl (C=O) groups is 1. The largest absolute Gasteiger partial charge is 0.493 e. The van der Waals surface area contributed by atoms with Crippen molar-refractivity contribution in [2.75, 3.05) is 13.7 Å². The Morgan fingerprint density at radius 2 is 2.25 bits per heavy atom. The molecule has 0 radical (unpaired) electrons. The van der Waals surface area contributed by atoms with Crippen LogP contribution in [-0.4, -0.2) is 19.7 Å². The van der Waals surface area contributed by atoms with Gasteiger partial charge in [-0.3, -0.25) is 4.79 Å². The van der Waals surface area contributed by atoms with E-state index < -0.39 is 0 Å². The molecule has 4 nitrogen and oxygen atoms in total. The lowest BCUT2D eigenvalue weighted by atomic mass is 10.2. The van der Waals surface area contributed by atoms with Crippen LogP contribution in [0.25, 0.3) is 0 Å². The lowest BCUT2D eigenvalue weighted by Crippen LogP contribution is -2.09. The number of benzene rings is 1. The minimum atomic E-state index is -0.303. The minimum Gasteiger partial charge on any atom is -0.493 e. The summed E-state index contributed by atoms with van der Waals surface area (Å²) in [4.78, 5) is 10.9. The highest BCUT2D eigenvalue weighted by molar-refractivity contribution is 6.30. The van der Waals surface area contributed by atoms with Gasteiger partial charge in [0.25, 0.3) is 0 Å². The number of ether oxygens (including phenoxy) is 2. The highest BCUT2D eigenvalue weighted by Crippen LogP contribution is 2.22. The molecule has 0 aromatic heterocycles. The van der Waals surface area contributed by atoms with Crippen LogP contribution in [0.2, 0.25) is 5.02 Å². The van der Waals surface area contributed by atoms with E-state index in [1.54, 1.807) is 18.2 Å². The maximum absolute atomic E-state index is 10.9. The van der Waals surface area contributed by atoms with Crippen molar-refractivity contribution in [3.63, 3.8) is 0 Å². The normalized spacial score (nSPS) is 9.94. The van der Waals surface area contributed by atoms with E-state index in [-0.39, 0.29) is 19.0 Å². The van der Waals surface area contributed by atoms with Crippen LogP contribution in [0.5, 0.6) is 5.75 Å². The Kier molecular flexibility index (Phi) is 5.08. The Hall–Kier alpha value is -1.26. The third-order valence-electron chi connectivity index (χ3n) is 2.03. The summed E-state index contributed by atoms with van der Waals surface area (Å²) in [6.07, 6.45) is 0.211. The van der Waals surface area contributed by atoms with E-state index in [1.165, 1.54) is 7.11 Å². The number of rotatable bonds is 5. The number of esters is 1. The van der Waals surface area contributed by atoms with Crippen LogP contribution < -0.4 is 10.5 Å². The Morgan fingerprint density at radius 3 is 2.88 bits per heavy atom. The molecule has 0 fully saturated rings. The maximum Gasteiger partial charge on any atom is 0.308 e. The molecule has 0 aliphatic carbocycles. The highest BCUT2D eigenvalue weighted by atomic mass is 35.5. The molecule has 0 aliphatic rings. The number of halogens is 1. The van der Waals surface area contributed by atoms with E-state index in [4.69, 9.17) is 22.1 Å². The number of hydrogen-bond donors (Lipinski definition) is 1. The lowest BCUT2D eigenvalue weighted by Gasteiger charge is -2.10. The highest BCUT2D eigenvalue weighted by Gasteiger charge is 2.05. The van der Waals surface area contributed by atoms with Gasteiger partial charge in [-0.15, -0.1) is 0 Å². The summed E-state index contributed by atoms with van der Waals surface area (Å²) < 4.78 is 9.92. The van der Waals surface area contributed by atoms with E-state index in [2.05, 4.69) is 4.74 Å². The first-order valence-electron chi connectivity index (χ1n) is 4.85. The molecule has 1 aromatic carbocycles. The molecule has 0 spiro atoms.